The van der Waals surface area contributed by atoms with E-state index in [-0.39, 0.29) is 17.0 Å². The van der Waals surface area contributed by atoms with Crippen LogP contribution in [0, 0.1) is 17.0 Å². The number of rotatable bonds is 6. The molecule has 0 saturated carbocycles. The van der Waals surface area contributed by atoms with Crippen LogP contribution in [0.1, 0.15) is 21.7 Å². The maximum absolute atomic E-state index is 12.3. The summed E-state index contributed by atoms with van der Waals surface area (Å²) >= 11 is 6.13. The number of hydrazone groups is 1. The molecule has 1 heterocycles. The van der Waals surface area contributed by atoms with Crippen LogP contribution < -0.4 is 10.2 Å². The highest BCUT2D eigenvalue weighted by Crippen LogP contribution is 2.27. The van der Waals surface area contributed by atoms with Gasteiger partial charge in [0.15, 0.2) is 0 Å². The summed E-state index contributed by atoms with van der Waals surface area (Å²) in [6.45, 7) is 1.91. The number of hydrogen-bond donors (Lipinski definition) is 1. The molecule has 29 heavy (non-hydrogen) atoms. The van der Waals surface area contributed by atoms with Gasteiger partial charge < -0.3 is 9.15 Å². The number of non-ortho nitro benzene ring substituents is 1. The van der Waals surface area contributed by atoms with Gasteiger partial charge in [0.25, 0.3) is 11.6 Å². The Kier molecular flexibility index (Phi) is 5.94. The van der Waals surface area contributed by atoms with Crippen LogP contribution in [-0.2, 0) is 0 Å². The van der Waals surface area contributed by atoms with Crippen molar-refractivity contribution in [2.75, 3.05) is 7.11 Å². The molecule has 0 atom stereocenters. The minimum atomic E-state index is -0.654. The first-order chi connectivity index (χ1) is 13.9. The molecule has 2 aromatic carbocycles. The van der Waals surface area contributed by atoms with Gasteiger partial charge in [0.1, 0.15) is 17.3 Å². The van der Waals surface area contributed by atoms with Crippen LogP contribution in [-0.4, -0.2) is 24.2 Å². The molecule has 0 radical (unpaired) electrons. The third-order valence-electron chi connectivity index (χ3n) is 4.08. The average Bonchev–Trinajstić information content (AvgIpc) is 3.18. The van der Waals surface area contributed by atoms with Crippen LogP contribution in [0.25, 0.3) is 11.3 Å². The lowest BCUT2D eigenvalue weighted by Crippen LogP contribution is -2.18. The largest absolute Gasteiger partial charge is 0.496 e. The first-order valence-electron chi connectivity index (χ1n) is 8.41. The van der Waals surface area contributed by atoms with Gasteiger partial charge in [-0.3, -0.25) is 14.9 Å². The van der Waals surface area contributed by atoms with E-state index >= 15 is 0 Å². The Morgan fingerprint density at radius 3 is 2.72 bits per heavy atom. The van der Waals surface area contributed by atoms with Crippen LogP contribution in [0.5, 0.6) is 5.75 Å². The molecule has 3 rings (SSSR count). The van der Waals surface area contributed by atoms with Crippen molar-refractivity contribution in [2.45, 2.75) is 6.92 Å². The number of ether oxygens (including phenoxy) is 1. The zero-order valence-electron chi connectivity index (χ0n) is 15.5. The number of nitro benzene ring substituents is 1. The van der Waals surface area contributed by atoms with Gasteiger partial charge in [0, 0.05) is 22.7 Å². The topological polar surface area (TPSA) is 107 Å². The molecular weight excluding hydrogens is 398 g/mol. The third kappa shape index (κ3) is 4.61. The molecule has 1 amide bonds. The van der Waals surface area contributed by atoms with Crippen molar-refractivity contribution in [1.82, 2.24) is 5.43 Å². The highest BCUT2D eigenvalue weighted by atomic mass is 35.5. The third-order valence-corrected chi connectivity index (χ3v) is 4.49. The molecule has 0 fully saturated rings. The van der Waals surface area contributed by atoms with E-state index in [1.54, 1.807) is 18.2 Å². The first kappa shape index (κ1) is 20.1. The summed E-state index contributed by atoms with van der Waals surface area (Å²) in [4.78, 5) is 22.6. The molecule has 3 aromatic rings. The molecule has 0 bridgehead atoms. The molecule has 1 N–H and O–H groups in total. The van der Waals surface area contributed by atoms with Gasteiger partial charge in [-0.05, 0) is 36.8 Å². The number of nitro groups is 1. The second kappa shape index (κ2) is 8.57. The fourth-order valence-electron chi connectivity index (χ4n) is 2.53. The Labute approximate surface area is 170 Å². The van der Waals surface area contributed by atoms with Crippen molar-refractivity contribution in [1.29, 1.82) is 0 Å². The zero-order valence-corrected chi connectivity index (χ0v) is 16.3. The molecule has 0 aliphatic rings. The van der Waals surface area contributed by atoms with Gasteiger partial charge in [0.2, 0.25) is 0 Å². The minimum absolute atomic E-state index is 0.00622. The van der Waals surface area contributed by atoms with Gasteiger partial charge in [-0.25, -0.2) is 5.43 Å². The van der Waals surface area contributed by atoms with Gasteiger partial charge in [-0.2, -0.15) is 5.10 Å². The van der Waals surface area contributed by atoms with Crippen LogP contribution in [0.4, 0.5) is 5.69 Å². The summed E-state index contributed by atoms with van der Waals surface area (Å²) in [6, 6.07) is 12.7. The lowest BCUT2D eigenvalue weighted by atomic mass is 10.1. The fourth-order valence-corrected chi connectivity index (χ4v) is 2.71. The number of halogens is 1. The van der Waals surface area contributed by atoms with E-state index in [1.165, 1.54) is 25.5 Å². The molecule has 0 saturated heterocycles. The van der Waals surface area contributed by atoms with Crippen LogP contribution >= 0.6 is 11.6 Å². The van der Waals surface area contributed by atoms with Crippen molar-refractivity contribution in [2.24, 2.45) is 5.10 Å². The maximum Gasteiger partial charge on any atom is 0.275 e. The number of furan rings is 1. The van der Waals surface area contributed by atoms with Crippen molar-refractivity contribution < 1.29 is 18.9 Å². The number of carbonyl (C=O) groups is 1. The molecule has 0 spiro atoms. The van der Waals surface area contributed by atoms with E-state index in [1.807, 2.05) is 19.1 Å². The highest BCUT2D eigenvalue weighted by molar-refractivity contribution is 6.31. The number of aryl methyl sites for hydroxylation is 1. The predicted octanol–water partition coefficient (Wildman–Crippen LogP) is 4.59. The number of hydrogen-bond acceptors (Lipinski definition) is 6. The fraction of sp³-hybridized carbons (Fsp3) is 0.100. The molecule has 1 aromatic heterocycles. The second-order valence-corrected chi connectivity index (χ2v) is 6.41. The van der Waals surface area contributed by atoms with Crippen molar-refractivity contribution in [3.63, 3.8) is 0 Å². The Hall–Kier alpha value is -3.65. The van der Waals surface area contributed by atoms with Gasteiger partial charge in [-0.15, -0.1) is 0 Å². The highest BCUT2D eigenvalue weighted by Gasteiger charge is 2.17. The van der Waals surface area contributed by atoms with Gasteiger partial charge in [-0.1, -0.05) is 23.7 Å². The van der Waals surface area contributed by atoms with Crippen molar-refractivity contribution >= 4 is 29.4 Å². The summed E-state index contributed by atoms with van der Waals surface area (Å²) in [7, 11) is 1.36. The summed E-state index contributed by atoms with van der Waals surface area (Å²) in [5, 5.41) is 15.4. The van der Waals surface area contributed by atoms with E-state index in [0.717, 1.165) is 17.2 Å². The second-order valence-electron chi connectivity index (χ2n) is 6.01. The molecule has 8 nitrogen and oxygen atoms in total. The number of nitrogens with zero attached hydrogens (tertiary/aromatic N) is 2. The first-order valence-corrected chi connectivity index (χ1v) is 8.79. The Balaban J connectivity index is 1.73. The summed E-state index contributed by atoms with van der Waals surface area (Å²) in [5.41, 5.74) is 3.84. The average molecular weight is 414 g/mol. The molecule has 148 valence electrons. The lowest BCUT2D eigenvalue weighted by Gasteiger charge is -2.06. The van der Waals surface area contributed by atoms with Crippen molar-refractivity contribution in [3.8, 4) is 17.1 Å². The number of benzene rings is 2. The molecule has 0 aliphatic carbocycles. The molecule has 9 heteroatoms. The van der Waals surface area contributed by atoms with Crippen LogP contribution in [0.15, 0.2) is 58.0 Å². The van der Waals surface area contributed by atoms with E-state index in [9.17, 15) is 14.9 Å². The quantitative estimate of drug-likeness (QED) is 0.361. The molecule has 0 unspecified atom stereocenters. The monoisotopic (exact) mass is 413 g/mol. The predicted molar refractivity (Wildman–Crippen MR) is 109 cm³/mol. The number of nitrogens with one attached hydrogen (secondary N) is 1. The SMILES string of the molecule is COc1ccc([N+](=O)[O-])cc1C(=O)N/N=C\c1ccc(-c2ccc(C)c(Cl)c2)o1. The number of amides is 1. The standard InChI is InChI=1S/C20H16ClN3O5/c1-12-3-4-13(9-17(12)21)18-8-6-15(29-18)11-22-23-20(25)16-10-14(24(26)27)5-7-19(16)28-2/h3-11H,1-2H3,(H,23,25)/b22-11-. The van der Waals surface area contributed by atoms with Crippen LogP contribution in [0.2, 0.25) is 5.02 Å². The van der Waals surface area contributed by atoms with Gasteiger partial charge in [0.05, 0.1) is 23.8 Å². The summed E-state index contributed by atoms with van der Waals surface area (Å²) < 4.78 is 10.7. The van der Waals surface area contributed by atoms with E-state index < -0.39 is 10.8 Å². The van der Waals surface area contributed by atoms with E-state index in [2.05, 4.69) is 10.5 Å². The zero-order chi connectivity index (χ0) is 21.0. The van der Waals surface area contributed by atoms with Crippen molar-refractivity contribution in [3.05, 3.63) is 80.6 Å². The smallest absolute Gasteiger partial charge is 0.275 e. The maximum atomic E-state index is 12.3. The molecular formula is C20H16ClN3O5. The normalized spacial score (nSPS) is 10.9. The summed E-state index contributed by atoms with van der Waals surface area (Å²) in [6.07, 6.45) is 1.32. The van der Waals surface area contributed by atoms with E-state index in [0.29, 0.717) is 16.5 Å². The summed E-state index contributed by atoms with van der Waals surface area (Å²) in [5.74, 6) is 0.543. The molecule has 0 aliphatic heterocycles. The van der Waals surface area contributed by atoms with Gasteiger partial charge >= 0.3 is 0 Å². The minimum Gasteiger partial charge on any atom is -0.496 e. The van der Waals surface area contributed by atoms with Crippen LogP contribution in [0.3, 0.4) is 0 Å². The number of methoxy groups -OCH3 is 1. The Bertz CT molecular complexity index is 1110. The Morgan fingerprint density at radius 2 is 2.03 bits per heavy atom. The Morgan fingerprint density at radius 1 is 1.24 bits per heavy atom. The number of carbonyl (C=O) groups excluding carboxylic acids is 1. The van der Waals surface area contributed by atoms with E-state index in [4.69, 9.17) is 20.8 Å². The lowest BCUT2D eigenvalue weighted by molar-refractivity contribution is -0.384.